The monoisotopic (exact) mass is 153 g/mol. The summed E-state index contributed by atoms with van der Waals surface area (Å²) in [6, 6.07) is 0. The number of nitrogens with zero attached hydrogens (tertiary/aromatic N) is 4. The fourth-order valence-electron chi connectivity index (χ4n) is 0.284. The minimum Gasteiger partial charge on any atom is -0.444 e. The first-order valence-electron chi connectivity index (χ1n) is 1.85. The SMILES string of the molecule is Nn1n([O-])on([O-])n1P. The van der Waals surface area contributed by atoms with Crippen molar-refractivity contribution in [3.8, 4) is 0 Å². The normalized spacial score (nSPS) is 9.89. The zero-order valence-corrected chi connectivity index (χ0v) is 5.32. The molecule has 1 unspecified atom stereocenters. The van der Waals surface area contributed by atoms with Gasteiger partial charge in [0.25, 0.3) is 0 Å². The number of hydrogen-bond acceptors (Lipinski definition) is 4. The molecule has 1 aromatic heterocycles. The molecule has 0 aliphatic rings. The Kier molecular flexibility index (Phi) is 1.10. The van der Waals surface area contributed by atoms with Crippen LogP contribution in [0.25, 0.3) is 0 Å². The average Bonchev–Trinajstić information content (AvgIpc) is 1.98. The van der Waals surface area contributed by atoms with Gasteiger partial charge >= 0.3 is 0 Å². The highest BCUT2D eigenvalue weighted by Crippen LogP contribution is 1.91. The lowest BCUT2D eigenvalue weighted by Crippen LogP contribution is -2.22. The molecule has 0 fully saturated rings. The number of hydrogen-bond donors (Lipinski definition) is 1. The van der Waals surface area contributed by atoms with Crippen LogP contribution >= 0.6 is 9.39 Å². The minimum atomic E-state index is -0.181. The number of aromatic nitrogens is 4. The fourth-order valence-corrected chi connectivity index (χ4v) is 0.411. The summed E-state index contributed by atoms with van der Waals surface area (Å²) in [6.45, 7) is 0. The Morgan fingerprint density at radius 1 is 1.33 bits per heavy atom. The van der Waals surface area contributed by atoms with Gasteiger partial charge < -0.3 is 20.9 Å². The summed E-state index contributed by atoms with van der Waals surface area (Å²) in [5.41, 5.74) is 0. The Morgan fingerprint density at radius 2 is 1.89 bits per heavy atom. The van der Waals surface area contributed by atoms with Gasteiger partial charge in [0.2, 0.25) is 0 Å². The Morgan fingerprint density at radius 3 is 2.00 bits per heavy atom. The van der Waals surface area contributed by atoms with E-state index >= 15 is 0 Å². The number of nitrogens with two attached hydrogens (primary N) is 1. The Labute approximate surface area is 50.9 Å². The molecule has 2 N–H and O–H groups in total. The predicted octanol–water partition coefficient (Wildman–Crippen LogP) is -1.35. The Hall–Kier alpha value is -1.17. The second-order valence-electron chi connectivity index (χ2n) is 1.20. The molecule has 0 spiro atoms. The van der Waals surface area contributed by atoms with E-state index in [1.54, 1.807) is 0 Å². The second-order valence-corrected chi connectivity index (χ2v) is 1.66. The highest BCUT2D eigenvalue weighted by Gasteiger charge is 1.89. The third-order valence-electron chi connectivity index (χ3n) is 0.684. The maximum atomic E-state index is 10.2. The number of nitrogen functional groups attached to an aromatic ring is 1. The van der Waals surface area contributed by atoms with E-state index in [0.29, 0.717) is 9.47 Å². The molecule has 0 aromatic carbocycles. The molecule has 1 atom stereocenters. The van der Waals surface area contributed by atoms with Crippen molar-refractivity contribution >= 4 is 9.39 Å². The molecule has 0 saturated carbocycles. The molecule has 1 rings (SSSR count). The molecule has 0 bridgehead atoms. The first-order valence-corrected chi connectivity index (χ1v) is 2.36. The molecular weight excluding hydrogens is 149 g/mol. The van der Waals surface area contributed by atoms with Gasteiger partial charge in [0.15, 0.2) is 0 Å². The lowest BCUT2D eigenvalue weighted by Gasteiger charge is -2.00. The lowest BCUT2D eigenvalue weighted by molar-refractivity contribution is 0.169. The molecule has 0 radical (unpaired) electrons. The van der Waals surface area contributed by atoms with E-state index < -0.39 is 0 Å². The van der Waals surface area contributed by atoms with Crippen molar-refractivity contribution < 1.29 is 4.63 Å². The molecule has 0 amide bonds. The van der Waals surface area contributed by atoms with Gasteiger partial charge in [0, 0.05) is 9.39 Å². The predicted molar refractivity (Wildman–Crippen MR) is 31.1 cm³/mol. The van der Waals surface area contributed by atoms with E-state index in [4.69, 9.17) is 5.84 Å². The van der Waals surface area contributed by atoms with E-state index in [1.165, 1.54) is 0 Å². The first kappa shape index (κ1) is 5.96. The maximum Gasteiger partial charge on any atom is 0.0138 e. The summed E-state index contributed by atoms with van der Waals surface area (Å²) in [5.74, 6) is 4.90. The molecule has 1 heterocycles. The molecule has 0 aliphatic heterocycles. The quantitative estimate of drug-likeness (QED) is 0.367. The van der Waals surface area contributed by atoms with E-state index in [2.05, 4.69) is 4.63 Å². The van der Waals surface area contributed by atoms with Crippen LogP contribution in [0.1, 0.15) is 0 Å². The molecule has 0 saturated heterocycles. The summed E-state index contributed by atoms with van der Waals surface area (Å²) in [4.78, 5) is 0.428. The molecular formula is H4N5O3P-2. The Bertz CT molecular complexity index is 206. The van der Waals surface area contributed by atoms with Gasteiger partial charge in [0.1, 0.15) is 0 Å². The average molecular weight is 153 g/mol. The summed E-state index contributed by atoms with van der Waals surface area (Å²) in [6.07, 6.45) is 0. The van der Waals surface area contributed by atoms with Gasteiger partial charge in [-0.15, -0.1) is 5.02 Å². The summed E-state index contributed by atoms with van der Waals surface area (Å²) >= 11 is 0. The second kappa shape index (κ2) is 1.66. The van der Waals surface area contributed by atoms with Gasteiger partial charge in [-0.2, -0.15) is 4.57 Å². The highest BCUT2D eigenvalue weighted by atomic mass is 31.0. The van der Waals surface area contributed by atoms with Crippen LogP contribution in [-0.4, -0.2) is 19.5 Å². The van der Waals surface area contributed by atoms with Crippen LogP contribution in [0.2, 0.25) is 0 Å². The van der Waals surface area contributed by atoms with E-state index in [1.807, 2.05) is 9.39 Å². The van der Waals surface area contributed by atoms with Gasteiger partial charge in [-0.3, -0.25) is 0 Å². The standard InChI is InChI=1S/H4N5O3P/c1-2-3(9)5(7)8-4(2)6/h1,9H2/q-2. The molecule has 9 heteroatoms. The van der Waals surface area contributed by atoms with Gasteiger partial charge in [-0.25, -0.2) is 0 Å². The summed E-state index contributed by atoms with van der Waals surface area (Å²) < 4.78 is 4.51. The van der Waals surface area contributed by atoms with Crippen LogP contribution in [0, 0.1) is 10.4 Å². The van der Waals surface area contributed by atoms with Crippen molar-refractivity contribution in [1.29, 1.82) is 0 Å². The van der Waals surface area contributed by atoms with Crippen molar-refractivity contribution in [1.82, 2.24) is 19.5 Å². The molecule has 9 heavy (non-hydrogen) atoms. The zero-order valence-electron chi connectivity index (χ0n) is 4.17. The first-order chi connectivity index (χ1) is 4.13. The molecule has 54 valence electrons. The topological polar surface area (TPSA) is 105 Å². The van der Waals surface area contributed by atoms with Crippen molar-refractivity contribution in [2.75, 3.05) is 5.84 Å². The molecule has 0 aliphatic carbocycles. The van der Waals surface area contributed by atoms with Crippen LogP contribution < -0.4 is 5.84 Å². The van der Waals surface area contributed by atoms with Crippen LogP contribution in [0.3, 0.4) is 0 Å². The third-order valence-corrected chi connectivity index (χ3v) is 1.11. The third kappa shape index (κ3) is 0.724. The Balaban J connectivity index is 3.29. The van der Waals surface area contributed by atoms with Crippen LogP contribution in [-0.2, 0) is 0 Å². The van der Waals surface area contributed by atoms with Crippen LogP contribution in [0.5, 0.6) is 0 Å². The molecule has 1 aromatic rings. The van der Waals surface area contributed by atoms with Crippen molar-refractivity contribution in [2.45, 2.75) is 0 Å². The zero-order chi connectivity index (χ0) is 7.02. The van der Waals surface area contributed by atoms with Crippen LogP contribution in [0.4, 0.5) is 0 Å². The summed E-state index contributed by atoms with van der Waals surface area (Å²) in [5, 5.41) is 20.1. The lowest BCUT2D eigenvalue weighted by atomic mass is 12.3. The van der Waals surface area contributed by atoms with Crippen molar-refractivity contribution in [3.63, 3.8) is 0 Å². The van der Waals surface area contributed by atoms with E-state index in [9.17, 15) is 10.4 Å². The molecule has 8 nitrogen and oxygen atoms in total. The summed E-state index contributed by atoms with van der Waals surface area (Å²) in [7, 11) is 1.86. The van der Waals surface area contributed by atoms with Crippen LogP contribution in [0.15, 0.2) is 4.63 Å². The highest BCUT2D eigenvalue weighted by molar-refractivity contribution is 7.14. The minimum absolute atomic E-state index is 0.0995. The smallest absolute Gasteiger partial charge is 0.0138 e. The maximum absolute atomic E-state index is 10.2. The largest absolute Gasteiger partial charge is 0.444 e. The van der Waals surface area contributed by atoms with E-state index in [0.717, 1.165) is 0 Å². The number of rotatable bonds is 0. The van der Waals surface area contributed by atoms with Crippen molar-refractivity contribution in [2.24, 2.45) is 0 Å². The van der Waals surface area contributed by atoms with Crippen molar-refractivity contribution in [3.05, 3.63) is 10.4 Å². The fraction of sp³-hybridized carbons (Fsp3) is 0. The van der Waals surface area contributed by atoms with Gasteiger partial charge in [0.05, 0.1) is 0 Å². The van der Waals surface area contributed by atoms with E-state index in [-0.39, 0.29) is 10.0 Å². The van der Waals surface area contributed by atoms with Gasteiger partial charge in [-0.05, 0) is 0 Å². The van der Waals surface area contributed by atoms with Gasteiger partial charge in [-0.1, -0.05) is 9.92 Å².